The van der Waals surface area contributed by atoms with Crippen LogP contribution < -0.4 is 4.90 Å². The number of sulfonamides is 1. The van der Waals surface area contributed by atoms with Gasteiger partial charge in [-0.2, -0.15) is 4.31 Å². The third-order valence-electron chi connectivity index (χ3n) is 6.78. The van der Waals surface area contributed by atoms with Crippen molar-refractivity contribution in [1.82, 2.24) is 24.0 Å². The monoisotopic (exact) mass is 504 g/mol. The average Bonchev–Trinajstić information content (AvgIpc) is 2.81. The summed E-state index contributed by atoms with van der Waals surface area (Å²) >= 11 is 0. The van der Waals surface area contributed by atoms with Crippen molar-refractivity contribution >= 4 is 26.7 Å². The van der Waals surface area contributed by atoms with Crippen LogP contribution in [0.1, 0.15) is 19.3 Å². The summed E-state index contributed by atoms with van der Waals surface area (Å²) < 4.78 is 29.9. The Morgan fingerprint density at radius 3 is 2.00 bits per heavy atom. The molecular weight excluding hydrogens is 460 g/mol. The molecule has 1 aliphatic rings. The highest BCUT2D eigenvalue weighted by Crippen LogP contribution is 2.33. The molecule has 2 aromatic rings. The van der Waals surface area contributed by atoms with Crippen LogP contribution in [0.2, 0.25) is 0 Å². The van der Waals surface area contributed by atoms with Crippen molar-refractivity contribution in [2.45, 2.75) is 24.2 Å². The van der Waals surface area contributed by atoms with E-state index in [1.165, 1.54) is 6.42 Å². The van der Waals surface area contributed by atoms with E-state index in [-0.39, 0.29) is 0 Å². The van der Waals surface area contributed by atoms with Crippen LogP contribution in [0.4, 0.5) is 5.82 Å². The lowest BCUT2D eigenvalue weighted by Crippen LogP contribution is -2.42. The van der Waals surface area contributed by atoms with Gasteiger partial charge in [0.25, 0.3) is 0 Å². The van der Waals surface area contributed by atoms with Gasteiger partial charge in [0.1, 0.15) is 10.7 Å². The SMILES string of the molecule is CN(C)CCC1CCN(c2nc3ccccc3cc2S(=O)(=O)N(CCN(C)C)CCN(C)C)CC1. The number of para-hydroxylation sites is 1. The van der Waals surface area contributed by atoms with E-state index in [0.29, 0.717) is 42.8 Å². The fraction of sp³-hybridized carbons (Fsp3) is 0.654. The molecule has 1 aliphatic heterocycles. The van der Waals surface area contributed by atoms with Gasteiger partial charge in [-0.1, -0.05) is 18.2 Å². The first-order chi connectivity index (χ1) is 16.6. The van der Waals surface area contributed by atoms with Crippen molar-refractivity contribution < 1.29 is 8.42 Å². The molecule has 0 radical (unpaired) electrons. The molecule has 1 aromatic heterocycles. The number of rotatable bonds is 12. The van der Waals surface area contributed by atoms with Crippen LogP contribution in [0.5, 0.6) is 0 Å². The van der Waals surface area contributed by atoms with Crippen molar-refractivity contribution in [3.05, 3.63) is 30.3 Å². The van der Waals surface area contributed by atoms with Gasteiger partial charge in [0.05, 0.1) is 5.52 Å². The van der Waals surface area contributed by atoms with Gasteiger partial charge in [-0.15, -0.1) is 0 Å². The molecule has 0 bridgehead atoms. The molecule has 35 heavy (non-hydrogen) atoms. The Kier molecular flexibility index (Phi) is 9.89. The van der Waals surface area contributed by atoms with E-state index in [9.17, 15) is 8.42 Å². The molecular formula is C26H44N6O2S. The number of fused-ring (bicyclic) bond motifs is 1. The second-order valence-corrected chi connectivity index (χ2v) is 12.4. The van der Waals surface area contributed by atoms with Gasteiger partial charge in [-0.25, -0.2) is 13.4 Å². The molecule has 0 atom stereocenters. The van der Waals surface area contributed by atoms with Gasteiger partial charge in [0, 0.05) is 44.7 Å². The minimum Gasteiger partial charge on any atom is -0.355 e. The van der Waals surface area contributed by atoms with Gasteiger partial charge in [0.15, 0.2) is 0 Å². The number of benzene rings is 1. The molecule has 9 heteroatoms. The Labute approximate surface area is 212 Å². The van der Waals surface area contributed by atoms with Crippen molar-refractivity contribution in [2.24, 2.45) is 5.92 Å². The van der Waals surface area contributed by atoms with E-state index in [1.807, 2.05) is 68.3 Å². The highest BCUT2D eigenvalue weighted by atomic mass is 32.2. The molecule has 1 fully saturated rings. The van der Waals surface area contributed by atoms with E-state index < -0.39 is 10.0 Å². The number of hydrogen-bond donors (Lipinski definition) is 0. The summed E-state index contributed by atoms with van der Waals surface area (Å²) in [5.74, 6) is 1.28. The second kappa shape index (κ2) is 12.5. The van der Waals surface area contributed by atoms with E-state index in [2.05, 4.69) is 23.9 Å². The Balaban J connectivity index is 1.95. The summed E-state index contributed by atoms with van der Waals surface area (Å²) in [7, 11) is 8.39. The first kappa shape index (κ1) is 27.8. The number of anilines is 1. The largest absolute Gasteiger partial charge is 0.355 e. The number of hydrogen-bond acceptors (Lipinski definition) is 7. The van der Waals surface area contributed by atoms with Crippen LogP contribution in [0.25, 0.3) is 10.9 Å². The predicted octanol–water partition coefficient (Wildman–Crippen LogP) is 2.52. The molecule has 0 spiro atoms. The molecule has 8 nitrogen and oxygen atoms in total. The van der Waals surface area contributed by atoms with E-state index >= 15 is 0 Å². The second-order valence-electron chi connectivity index (χ2n) is 10.5. The van der Waals surface area contributed by atoms with Crippen molar-refractivity contribution in [3.8, 4) is 0 Å². The highest BCUT2D eigenvalue weighted by Gasteiger charge is 2.32. The van der Waals surface area contributed by atoms with Crippen molar-refractivity contribution in [3.63, 3.8) is 0 Å². The molecule has 0 N–H and O–H groups in total. The Bertz CT molecular complexity index is 1040. The van der Waals surface area contributed by atoms with E-state index in [0.717, 1.165) is 43.4 Å². The first-order valence-electron chi connectivity index (χ1n) is 12.7. The molecule has 1 aromatic carbocycles. The van der Waals surface area contributed by atoms with Crippen LogP contribution in [-0.2, 0) is 10.0 Å². The van der Waals surface area contributed by atoms with Gasteiger partial charge in [0.2, 0.25) is 10.0 Å². The lowest BCUT2D eigenvalue weighted by atomic mass is 9.93. The van der Waals surface area contributed by atoms with Gasteiger partial charge in [-0.05, 0) is 86.1 Å². The molecule has 196 valence electrons. The molecule has 3 rings (SSSR count). The number of nitrogens with zero attached hydrogens (tertiary/aromatic N) is 6. The van der Waals surface area contributed by atoms with Crippen LogP contribution in [-0.4, -0.2) is 121 Å². The fourth-order valence-electron chi connectivity index (χ4n) is 4.49. The summed E-state index contributed by atoms with van der Waals surface area (Å²) in [6.07, 6.45) is 3.31. The summed E-state index contributed by atoms with van der Waals surface area (Å²) in [5.41, 5.74) is 0.837. The maximum Gasteiger partial charge on any atom is 0.246 e. The molecule has 2 heterocycles. The van der Waals surface area contributed by atoms with Gasteiger partial charge >= 0.3 is 0 Å². The molecule has 0 aliphatic carbocycles. The Hall–Kier alpha value is -1.78. The molecule has 0 unspecified atom stereocenters. The van der Waals surface area contributed by atoms with Crippen LogP contribution >= 0.6 is 0 Å². The quantitative estimate of drug-likeness (QED) is 0.440. The lowest BCUT2D eigenvalue weighted by molar-refractivity contribution is 0.300. The standard InChI is InChI=1S/C26H44N6O2S/c1-28(2)14-11-22-12-15-31(16-13-22)26-25(21-23-9-7-8-10-24(23)27-26)35(33,34)32(19-17-29(3)4)20-18-30(5)6/h7-10,21-22H,11-20H2,1-6H3. The molecule has 0 saturated carbocycles. The predicted molar refractivity (Wildman–Crippen MR) is 146 cm³/mol. The zero-order valence-electron chi connectivity index (χ0n) is 22.4. The van der Waals surface area contributed by atoms with E-state index in [1.54, 1.807) is 4.31 Å². The summed E-state index contributed by atoms with van der Waals surface area (Å²) in [6.45, 7) is 4.98. The normalized spacial score (nSPS) is 15.9. The highest BCUT2D eigenvalue weighted by molar-refractivity contribution is 7.89. The van der Waals surface area contributed by atoms with Gasteiger partial charge in [-0.3, -0.25) is 0 Å². The van der Waals surface area contributed by atoms with Crippen LogP contribution in [0.3, 0.4) is 0 Å². The van der Waals surface area contributed by atoms with Crippen molar-refractivity contribution in [1.29, 1.82) is 0 Å². The first-order valence-corrected chi connectivity index (χ1v) is 14.1. The number of likely N-dealkylation sites (N-methyl/N-ethyl adjacent to an activating group) is 2. The van der Waals surface area contributed by atoms with Crippen LogP contribution in [0.15, 0.2) is 35.2 Å². The molecule has 0 amide bonds. The fourth-order valence-corrected chi connectivity index (χ4v) is 6.09. The maximum absolute atomic E-state index is 14.1. The Morgan fingerprint density at radius 2 is 1.43 bits per heavy atom. The van der Waals surface area contributed by atoms with E-state index in [4.69, 9.17) is 4.98 Å². The van der Waals surface area contributed by atoms with Crippen LogP contribution in [0, 0.1) is 5.92 Å². The van der Waals surface area contributed by atoms with Crippen molar-refractivity contribution in [2.75, 3.05) is 93.0 Å². The smallest absolute Gasteiger partial charge is 0.246 e. The topological polar surface area (TPSA) is 63.2 Å². The lowest BCUT2D eigenvalue weighted by Gasteiger charge is -2.35. The minimum atomic E-state index is -3.73. The van der Waals surface area contributed by atoms with Gasteiger partial charge < -0.3 is 19.6 Å². The third kappa shape index (κ3) is 7.60. The summed E-state index contributed by atoms with van der Waals surface area (Å²) in [5, 5.41) is 0.857. The minimum absolute atomic E-state index is 0.334. The summed E-state index contributed by atoms with van der Waals surface area (Å²) in [6, 6.07) is 9.65. The Morgan fingerprint density at radius 1 is 0.857 bits per heavy atom. The number of pyridine rings is 1. The summed E-state index contributed by atoms with van der Waals surface area (Å²) in [4.78, 5) is 13.7. The average molecular weight is 505 g/mol. The third-order valence-corrected chi connectivity index (χ3v) is 8.68. The number of piperidine rings is 1. The number of aromatic nitrogens is 1. The zero-order chi connectivity index (χ0) is 25.6. The maximum atomic E-state index is 14.1. The zero-order valence-corrected chi connectivity index (χ0v) is 23.3. The molecule has 1 saturated heterocycles.